The van der Waals surface area contributed by atoms with Crippen LogP contribution in [0.5, 0.6) is 0 Å². The van der Waals surface area contributed by atoms with Gasteiger partial charge in [0.15, 0.2) is 0 Å². The summed E-state index contributed by atoms with van der Waals surface area (Å²) >= 11 is -0.472. The molecule has 0 rings (SSSR count). The molecule has 0 saturated carbocycles. The maximum Gasteiger partial charge on any atom is 0 e. The Bertz CT molecular complexity index is 6.00. The van der Waals surface area contributed by atoms with Gasteiger partial charge in [0.05, 0.1) is 0 Å². The molecule has 0 aliphatic heterocycles. The van der Waals surface area contributed by atoms with Crippen LogP contribution in [-0.4, -0.2) is 58.2 Å². The average Bonchev–Trinajstić information content (AvgIpc) is 0.918. The quantitative estimate of drug-likeness (QED) is 0.611. The van der Waals surface area contributed by atoms with E-state index in [9.17, 15) is 0 Å². The summed E-state index contributed by atoms with van der Waals surface area (Å²) in [4.78, 5) is 0. The van der Waals surface area contributed by atoms with Crippen molar-refractivity contribution in [3.63, 3.8) is 0 Å². The third-order valence-electron chi connectivity index (χ3n) is 0. The number of rotatable bonds is 0. The summed E-state index contributed by atoms with van der Waals surface area (Å²) in [5, 5.41) is 0. The first-order valence-corrected chi connectivity index (χ1v) is 5.87. The molecule has 0 aliphatic carbocycles. The van der Waals surface area contributed by atoms with E-state index in [2.05, 4.69) is 0 Å². The van der Waals surface area contributed by atoms with E-state index in [0.717, 1.165) is 0 Å². The van der Waals surface area contributed by atoms with Crippen molar-refractivity contribution in [2.75, 3.05) is 0 Å². The van der Waals surface area contributed by atoms with Crippen molar-refractivity contribution in [3.05, 3.63) is 0 Å². The fourth-order valence-corrected chi connectivity index (χ4v) is 0. The zero-order valence-electron chi connectivity index (χ0n) is 2.07. The molecule has 0 atom stereocenters. The topological polar surface area (TPSA) is 0 Å². The van der Waals surface area contributed by atoms with E-state index >= 15 is 0 Å². The van der Waals surface area contributed by atoms with Gasteiger partial charge in [-0.05, 0) is 0 Å². The molecule has 0 aromatic heterocycles. The van der Waals surface area contributed by atoms with Gasteiger partial charge in [0, 0.05) is 58.2 Å². The van der Waals surface area contributed by atoms with Gasteiger partial charge in [-0.15, -0.1) is 0 Å². The zero-order valence-corrected chi connectivity index (χ0v) is 10.8. The van der Waals surface area contributed by atoms with Gasteiger partial charge in [-0.2, -0.15) is 0 Å². The molecule has 1 radical (unpaired) electrons. The molecule has 0 unspecified atom stereocenters. The molecule has 0 amide bonds. The fourth-order valence-electron chi connectivity index (χ4n) is 0. The third kappa shape index (κ3) is 8.91. The Morgan fingerprint density at radius 1 is 1.25 bits per heavy atom. The molecule has 25 valence electrons. The van der Waals surface area contributed by atoms with E-state index in [4.69, 9.17) is 18.8 Å². The predicted octanol–water partition coefficient (Wildman–Crippen LogP) is 0.996. The normalized spacial score (nSPS) is 5.50. The van der Waals surface area contributed by atoms with Gasteiger partial charge < -0.3 is 0 Å². The molecule has 0 N–H and O–H groups in total. The Hall–Kier alpha value is 3.07. The summed E-state index contributed by atoms with van der Waals surface area (Å²) in [6.07, 6.45) is 0. The van der Waals surface area contributed by atoms with E-state index in [-0.39, 0.29) is 58.2 Å². The monoisotopic (exact) mass is 350 g/mol. The number of halogens is 2. The molecule has 0 saturated heterocycles. The van der Waals surface area contributed by atoms with Crippen LogP contribution in [0, 0.1) is 0 Å². The molecule has 0 nitrogen and oxygen atoms in total. The molecular formula is Cl2PtRb. The molecular weight excluding hydrogens is 351 g/mol. The van der Waals surface area contributed by atoms with E-state index in [1.165, 1.54) is 0 Å². The smallest absolute Gasteiger partial charge is 0 e. The van der Waals surface area contributed by atoms with Crippen LogP contribution in [0.4, 0.5) is 0 Å². The largest absolute Gasteiger partial charge is 0 e. The predicted molar refractivity (Wildman–Crippen MR) is 17.5 cm³/mol. The summed E-state index contributed by atoms with van der Waals surface area (Å²) in [6.45, 7) is 0. The summed E-state index contributed by atoms with van der Waals surface area (Å²) in [7, 11) is 9.75. The first kappa shape index (κ1) is 10.1. The first-order chi connectivity index (χ1) is 1.41. The van der Waals surface area contributed by atoms with Crippen LogP contribution in [0.2, 0.25) is 0 Å². The minimum Gasteiger partial charge on any atom is 0 e. The number of hydrogen-bond acceptors (Lipinski definition) is 0. The molecule has 4 heavy (non-hydrogen) atoms. The molecule has 0 heterocycles. The van der Waals surface area contributed by atoms with Crippen LogP contribution in [0.3, 0.4) is 0 Å². The Balaban J connectivity index is 0. The van der Waals surface area contributed by atoms with Crippen molar-refractivity contribution >= 4 is 77.0 Å². The standard InChI is InChI=1S/2ClH.Pt.Rb/h2*1H;;/q;;+2;/p-2. The van der Waals surface area contributed by atoms with E-state index in [0.29, 0.717) is 0 Å². The van der Waals surface area contributed by atoms with Crippen LogP contribution in [0.15, 0.2) is 0 Å². The van der Waals surface area contributed by atoms with Crippen molar-refractivity contribution in [2.24, 2.45) is 0 Å². The van der Waals surface area contributed by atoms with Gasteiger partial charge in [0.25, 0.3) is 0 Å². The van der Waals surface area contributed by atoms with Crippen molar-refractivity contribution in [3.8, 4) is 0 Å². The van der Waals surface area contributed by atoms with Gasteiger partial charge in [-0.25, -0.2) is 0 Å². The average molecular weight is 351 g/mol. The second-order valence-electron chi connectivity index (χ2n) is 0.0452. The van der Waals surface area contributed by atoms with Gasteiger partial charge in [-0.1, -0.05) is 0 Å². The SMILES string of the molecule is [Cl][Pt][Cl].[Rb]. The fraction of sp³-hybridized carbons (Fsp3) is 0. The van der Waals surface area contributed by atoms with Crippen molar-refractivity contribution in [1.82, 2.24) is 0 Å². The minimum absolute atomic E-state index is 0. The Morgan fingerprint density at radius 2 is 1.25 bits per heavy atom. The van der Waals surface area contributed by atoms with Crippen LogP contribution >= 0.6 is 18.8 Å². The molecule has 0 aromatic carbocycles. The van der Waals surface area contributed by atoms with Crippen LogP contribution in [0.1, 0.15) is 0 Å². The van der Waals surface area contributed by atoms with Crippen LogP contribution in [0.25, 0.3) is 0 Å². The molecule has 0 spiro atoms. The van der Waals surface area contributed by atoms with Crippen LogP contribution < -0.4 is 0 Å². The summed E-state index contributed by atoms with van der Waals surface area (Å²) in [5.41, 5.74) is 0. The zero-order chi connectivity index (χ0) is 2.71. The molecule has 0 fully saturated rings. The van der Waals surface area contributed by atoms with Gasteiger partial charge >= 0.3 is 35.3 Å². The minimum atomic E-state index is -0.472. The molecule has 0 aliphatic rings. The molecule has 4 heteroatoms. The maximum atomic E-state index is 4.88. The van der Waals surface area contributed by atoms with Crippen LogP contribution in [-0.2, 0) is 16.5 Å². The second kappa shape index (κ2) is 9.42. The summed E-state index contributed by atoms with van der Waals surface area (Å²) in [5.74, 6) is 0. The maximum absolute atomic E-state index is 4.88. The van der Waals surface area contributed by atoms with Crippen molar-refractivity contribution < 1.29 is 16.5 Å². The van der Waals surface area contributed by atoms with E-state index < -0.39 is 16.5 Å². The van der Waals surface area contributed by atoms with E-state index in [1.54, 1.807) is 0 Å². The summed E-state index contributed by atoms with van der Waals surface area (Å²) < 4.78 is 0. The Kier molecular flexibility index (Phi) is 23.9. The Morgan fingerprint density at radius 3 is 1.25 bits per heavy atom. The Labute approximate surface area is 90.8 Å². The number of hydrogen-bond donors (Lipinski definition) is 0. The second-order valence-corrected chi connectivity index (χ2v) is 3.33. The van der Waals surface area contributed by atoms with Crippen molar-refractivity contribution in [1.29, 1.82) is 0 Å². The summed E-state index contributed by atoms with van der Waals surface area (Å²) in [6, 6.07) is 0. The van der Waals surface area contributed by atoms with Crippen molar-refractivity contribution in [2.45, 2.75) is 0 Å². The van der Waals surface area contributed by atoms with Gasteiger partial charge in [-0.3, -0.25) is 0 Å². The first-order valence-electron chi connectivity index (χ1n) is 0.239. The van der Waals surface area contributed by atoms with E-state index in [1.807, 2.05) is 0 Å². The van der Waals surface area contributed by atoms with Gasteiger partial charge in [0.2, 0.25) is 0 Å². The molecule has 0 bridgehead atoms. The molecule has 0 aromatic rings. The van der Waals surface area contributed by atoms with Gasteiger partial charge in [0.1, 0.15) is 0 Å². The third-order valence-corrected chi connectivity index (χ3v) is 0.